The minimum Gasteiger partial charge on any atom is -0.378 e. The number of hydrogen-bond acceptors (Lipinski definition) is 1. The van der Waals surface area contributed by atoms with Crippen LogP contribution >= 0.6 is 11.6 Å². The highest BCUT2D eigenvalue weighted by molar-refractivity contribution is 6.30. The smallest absolute Gasteiger partial charge is 0.125 e. The highest BCUT2D eigenvalue weighted by Crippen LogP contribution is 2.30. The van der Waals surface area contributed by atoms with Gasteiger partial charge in [0.15, 0.2) is 0 Å². The van der Waals surface area contributed by atoms with Gasteiger partial charge >= 0.3 is 0 Å². The third-order valence-electron chi connectivity index (χ3n) is 2.46. The van der Waals surface area contributed by atoms with E-state index >= 15 is 0 Å². The summed E-state index contributed by atoms with van der Waals surface area (Å²) in [5, 5.41) is 10.4. The van der Waals surface area contributed by atoms with Crippen molar-refractivity contribution >= 4 is 11.6 Å². The van der Waals surface area contributed by atoms with E-state index < -0.39 is 5.60 Å². The van der Waals surface area contributed by atoms with Crippen molar-refractivity contribution in [3.8, 4) is 11.8 Å². The molecule has 2 heteroatoms. The molecule has 14 heavy (non-hydrogen) atoms. The molecule has 0 radical (unpaired) electrons. The molecule has 0 amide bonds. The molecule has 1 aromatic carbocycles. The second kappa shape index (κ2) is 3.65. The van der Waals surface area contributed by atoms with Crippen molar-refractivity contribution in [3.63, 3.8) is 0 Å². The minimum atomic E-state index is -0.723. The maximum Gasteiger partial charge on any atom is 0.125 e. The van der Waals surface area contributed by atoms with Gasteiger partial charge in [-0.05, 0) is 43.5 Å². The summed E-state index contributed by atoms with van der Waals surface area (Å²) in [6.07, 6.45) is 2.67. The average molecular weight is 207 g/mol. The fourth-order valence-electron chi connectivity index (χ4n) is 1.36. The fourth-order valence-corrected chi connectivity index (χ4v) is 1.48. The van der Waals surface area contributed by atoms with Crippen LogP contribution in [0.5, 0.6) is 0 Å². The highest BCUT2D eigenvalue weighted by atomic mass is 35.5. The Hall–Kier alpha value is -0.970. The lowest BCUT2D eigenvalue weighted by molar-refractivity contribution is 0.0240. The van der Waals surface area contributed by atoms with E-state index in [1.54, 1.807) is 12.1 Å². The zero-order chi connectivity index (χ0) is 10.0. The van der Waals surface area contributed by atoms with Gasteiger partial charge in [0, 0.05) is 10.6 Å². The van der Waals surface area contributed by atoms with Crippen molar-refractivity contribution in [2.45, 2.75) is 24.9 Å². The van der Waals surface area contributed by atoms with Crippen LogP contribution in [0.25, 0.3) is 0 Å². The van der Waals surface area contributed by atoms with Gasteiger partial charge in [-0.15, -0.1) is 0 Å². The van der Waals surface area contributed by atoms with E-state index in [9.17, 15) is 5.11 Å². The lowest BCUT2D eigenvalue weighted by Gasteiger charge is -2.30. The average Bonchev–Trinajstić information content (AvgIpc) is 2.14. The predicted molar refractivity (Wildman–Crippen MR) is 57.1 cm³/mol. The summed E-state index contributed by atoms with van der Waals surface area (Å²) in [6, 6.07) is 7.32. The van der Waals surface area contributed by atoms with E-state index in [0.29, 0.717) is 5.02 Å². The van der Waals surface area contributed by atoms with Gasteiger partial charge in [-0.3, -0.25) is 0 Å². The van der Waals surface area contributed by atoms with Crippen molar-refractivity contribution in [3.05, 3.63) is 34.9 Å². The van der Waals surface area contributed by atoms with Gasteiger partial charge in [-0.2, -0.15) is 0 Å². The van der Waals surface area contributed by atoms with Crippen LogP contribution in [0, 0.1) is 11.8 Å². The first-order valence-corrected chi connectivity index (χ1v) is 5.07. The summed E-state index contributed by atoms with van der Waals surface area (Å²) in [6.45, 7) is 0. The summed E-state index contributed by atoms with van der Waals surface area (Å²) in [4.78, 5) is 0. The van der Waals surface area contributed by atoms with Crippen molar-refractivity contribution in [2.75, 3.05) is 0 Å². The second-order valence-corrected chi connectivity index (χ2v) is 4.08. The Balaban J connectivity index is 2.13. The molecule has 0 heterocycles. The zero-order valence-corrected chi connectivity index (χ0v) is 8.51. The first-order chi connectivity index (χ1) is 6.68. The van der Waals surface area contributed by atoms with Crippen LogP contribution < -0.4 is 0 Å². The Kier molecular flexibility index (Phi) is 2.50. The van der Waals surface area contributed by atoms with Crippen LogP contribution in [0.4, 0.5) is 0 Å². The first-order valence-electron chi connectivity index (χ1n) is 4.69. The molecule has 1 saturated carbocycles. The molecular formula is C12H11ClO. The number of hydrogen-bond donors (Lipinski definition) is 1. The number of halogens is 1. The summed E-state index contributed by atoms with van der Waals surface area (Å²) in [5.41, 5.74) is 0.175. The van der Waals surface area contributed by atoms with Crippen LogP contribution in [0.3, 0.4) is 0 Å². The molecule has 1 nitrogen and oxygen atoms in total. The van der Waals surface area contributed by atoms with Gasteiger partial charge in [0.05, 0.1) is 0 Å². The molecule has 0 aliphatic heterocycles. The molecule has 1 N–H and O–H groups in total. The number of rotatable bonds is 0. The van der Waals surface area contributed by atoms with Crippen LogP contribution in [-0.2, 0) is 0 Å². The van der Waals surface area contributed by atoms with Crippen LogP contribution in [-0.4, -0.2) is 10.7 Å². The van der Waals surface area contributed by atoms with Gasteiger partial charge in [-0.1, -0.05) is 23.4 Å². The van der Waals surface area contributed by atoms with Crippen molar-refractivity contribution in [1.29, 1.82) is 0 Å². The molecule has 1 fully saturated rings. The van der Waals surface area contributed by atoms with Gasteiger partial charge in [0.25, 0.3) is 0 Å². The summed E-state index contributed by atoms with van der Waals surface area (Å²) in [7, 11) is 0. The fraction of sp³-hybridized carbons (Fsp3) is 0.333. The molecule has 0 aromatic heterocycles. The Morgan fingerprint density at radius 1 is 1.21 bits per heavy atom. The molecule has 0 atom stereocenters. The normalized spacial score (nSPS) is 17.9. The van der Waals surface area contributed by atoms with Gasteiger partial charge < -0.3 is 5.11 Å². The van der Waals surface area contributed by atoms with E-state index in [-0.39, 0.29) is 0 Å². The van der Waals surface area contributed by atoms with E-state index in [0.717, 1.165) is 24.8 Å². The Morgan fingerprint density at radius 2 is 1.86 bits per heavy atom. The summed E-state index contributed by atoms with van der Waals surface area (Å²) >= 11 is 5.74. The predicted octanol–water partition coefficient (Wildman–Crippen LogP) is 2.61. The van der Waals surface area contributed by atoms with Gasteiger partial charge in [0.1, 0.15) is 5.60 Å². The summed E-state index contributed by atoms with van der Waals surface area (Å²) < 4.78 is 0. The molecule has 1 aliphatic rings. The molecule has 0 unspecified atom stereocenters. The van der Waals surface area contributed by atoms with Crippen molar-refractivity contribution in [1.82, 2.24) is 0 Å². The maximum absolute atomic E-state index is 9.73. The van der Waals surface area contributed by atoms with Crippen molar-refractivity contribution < 1.29 is 5.11 Å². The Morgan fingerprint density at radius 3 is 2.36 bits per heavy atom. The monoisotopic (exact) mass is 206 g/mol. The molecule has 72 valence electrons. The lowest BCUT2D eigenvalue weighted by atomic mass is 9.81. The topological polar surface area (TPSA) is 20.2 Å². The van der Waals surface area contributed by atoms with Gasteiger partial charge in [-0.25, -0.2) is 0 Å². The van der Waals surface area contributed by atoms with E-state index in [2.05, 4.69) is 11.8 Å². The van der Waals surface area contributed by atoms with Crippen molar-refractivity contribution in [2.24, 2.45) is 0 Å². The van der Waals surface area contributed by atoms with Gasteiger partial charge in [0.2, 0.25) is 0 Å². The molecule has 0 saturated heterocycles. The molecule has 2 rings (SSSR count). The minimum absolute atomic E-state index is 0.706. The molecule has 0 bridgehead atoms. The third kappa shape index (κ3) is 2.09. The second-order valence-electron chi connectivity index (χ2n) is 3.64. The summed E-state index contributed by atoms with van der Waals surface area (Å²) in [5.74, 6) is 5.85. The van der Waals surface area contributed by atoms with Crippen LogP contribution in [0.2, 0.25) is 5.02 Å². The molecular weight excluding hydrogens is 196 g/mol. The van der Waals surface area contributed by atoms with E-state index in [4.69, 9.17) is 11.6 Å². The first kappa shape index (κ1) is 9.58. The quantitative estimate of drug-likeness (QED) is 0.647. The largest absolute Gasteiger partial charge is 0.378 e. The highest BCUT2D eigenvalue weighted by Gasteiger charge is 2.31. The maximum atomic E-state index is 9.73. The Bertz CT molecular complexity index is 379. The lowest BCUT2D eigenvalue weighted by Crippen LogP contribution is -2.34. The van der Waals surface area contributed by atoms with E-state index in [1.807, 2.05) is 12.1 Å². The van der Waals surface area contributed by atoms with E-state index in [1.165, 1.54) is 0 Å². The zero-order valence-electron chi connectivity index (χ0n) is 7.76. The molecule has 1 aliphatic carbocycles. The van der Waals surface area contributed by atoms with Crippen LogP contribution in [0.15, 0.2) is 24.3 Å². The van der Waals surface area contributed by atoms with Crippen LogP contribution in [0.1, 0.15) is 24.8 Å². The SMILES string of the molecule is OC1(C#Cc2ccc(Cl)cc2)CCC1. The molecule has 0 spiro atoms. The third-order valence-corrected chi connectivity index (χ3v) is 2.72. The number of aliphatic hydroxyl groups is 1. The Labute approximate surface area is 88.7 Å². The standard InChI is InChI=1S/C12H11ClO/c13-11-4-2-10(3-5-11)6-9-12(14)7-1-8-12/h2-5,14H,1,7-8H2. The molecule has 1 aromatic rings. The number of benzene rings is 1.